The molecule has 0 aliphatic carbocycles. The van der Waals surface area contributed by atoms with Gasteiger partial charge in [-0.1, -0.05) is 41.4 Å². The molecule has 0 spiro atoms. The second-order valence-electron chi connectivity index (χ2n) is 5.87. The van der Waals surface area contributed by atoms with Crippen molar-refractivity contribution in [2.24, 2.45) is 0 Å². The van der Waals surface area contributed by atoms with Gasteiger partial charge in [-0.2, -0.15) is 0 Å². The van der Waals surface area contributed by atoms with E-state index in [0.29, 0.717) is 22.2 Å². The third-order valence-electron chi connectivity index (χ3n) is 4.16. The van der Waals surface area contributed by atoms with Crippen LogP contribution in [0.2, 0.25) is 10.0 Å². The van der Waals surface area contributed by atoms with E-state index in [1.807, 2.05) is 35.0 Å². The summed E-state index contributed by atoms with van der Waals surface area (Å²) in [5.41, 5.74) is 0.254. The molecule has 4 nitrogen and oxygen atoms in total. The van der Waals surface area contributed by atoms with Crippen molar-refractivity contribution in [3.05, 3.63) is 82.4 Å². The van der Waals surface area contributed by atoms with Crippen molar-refractivity contribution in [1.82, 2.24) is 9.55 Å². The van der Waals surface area contributed by atoms with Crippen LogP contribution >= 0.6 is 23.2 Å². The quantitative estimate of drug-likeness (QED) is 0.696. The Labute approximate surface area is 156 Å². The Kier molecular flexibility index (Phi) is 5.33. The number of benzene rings is 2. The van der Waals surface area contributed by atoms with Gasteiger partial charge in [0, 0.05) is 28.9 Å². The van der Waals surface area contributed by atoms with E-state index in [9.17, 15) is 5.11 Å². The topological polar surface area (TPSA) is 47.3 Å². The maximum absolute atomic E-state index is 11.5. The molecule has 0 radical (unpaired) electrons. The molecule has 6 heteroatoms. The van der Waals surface area contributed by atoms with Gasteiger partial charge in [-0.25, -0.2) is 4.98 Å². The summed E-state index contributed by atoms with van der Waals surface area (Å²) in [4.78, 5) is 4.05. The van der Waals surface area contributed by atoms with Gasteiger partial charge < -0.3 is 14.4 Å². The molecule has 130 valence electrons. The smallest absolute Gasteiger partial charge is 0.118 e. The molecule has 0 aliphatic heterocycles. The van der Waals surface area contributed by atoms with Gasteiger partial charge in [-0.05, 0) is 35.4 Å². The molecule has 0 amide bonds. The lowest BCUT2D eigenvalue weighted by molar-refractivity contribution is 0.0185. The monoisotopic (exact) mass is 376 g/mol. The second-order valence-corrected chi connectivity index (χ2v) is 6.69. The first-order chi connectivity index (χ1) is 12.0. The fourth-order valence-electron chi connectivity index (χ4n) is 2.83. The molecule has 1 aromatic heterocycles. The molecule has 2 aromatic carbocycles. The van der Waals surface area contributed by atoms with Gasteiger partial charge in [0.1, 0.15) is 11.4 Å². The first-order valence-electron chi connectivity index (χ1n) is 7.77. The molecule has 25 heavy (non-hydrogen) atoms. The highest BCUT2D eigenvalue weighted by atomic mass is 35.5. The molecular weight excluding hydrogens is 359 g/mol. The van der Waals surface area contributed by atoms with Crippen molar-refractivity contribution in [2.45, 2.75) is 18.6 Å². The zero-order chi connectivity index (χ0) is 17.9. The lowest BCUT2D eigenvalue weighted by Gasteiger charge is -2.30. The van der Waals surface area contributed by atoms with E-state index in [4.69, 9.17) is 27.9 Å². The Hall–Kier alpha value is -2.01. The molecule has 0 aliphatic rings. The molecule has 0 bridgehead atoms. The second kappa shape index (κ2) is 7.48. The van der Waals surface area contributed by atoms with Crippen LogP contribution in [0.1, 0.15) is 11.1 Å². The summed E-state index contributed by atoms with van der Waals surface area (Å²) in [5.74, 6) is 0.726. The van der Waals surface area contributed by atoms with E-state index in [1.165, 1.54) is 0 Å². The van der Waals surface area contributed by atoms with Crippen LogP contribution in [0.5, 0.6) is 5.75 Å². The molecule has 0 saturated heterocycles. The molecule has 1 atom stereocenters. The van der Waals surface area contributed by atoms with Gasteiger partial charge >= 0.3 is 0 Å². The number of nitrogens with zero attached hydrogens (tertiary/aromatic N) is 2. The van der Waals surface area contributed by atoms with Crippen molar-refractivity contribution in [3.63, 3.8) is 0 Å². The molecule has 3 aromatic rings. The van der Waals surface area contributed by atoms with E-state index >= 15 is 0 Å². The average Bonchev–Trinajstić information content (AvgIpc) is 3.11. The number of halogens is 2. The van der Waals surface area contributed by atoms with E-state index in [1.54, 1.807) is 37.8 Å². The highest BCUT2D eigenvalue weighted by molar-refractivity contribution is 6.36. The fourth-order valence-corrected chi connectivity index (χ4v) is 3.36. The predicted molar refractivity (Wildman–Crippen MR) is 99.3 cm³/mol. The van der Waals surface area contributed by atoms with Crippen LogP contribution in [0.4, 0.5) is 0 Å². The van der Waals surface area contributed by atoms with Crippen LogP contribution in [0.25, 0.3) is 0 Å². The van der Waals surface area contributed by atoms with Gasteiger partial charge in [0.05, 0.1) is 20.0 Å². The van der Waals surface area contributed by atoms with Crippen molar-refractivity contribution >= 4 is 23.2 Å². The number of hydrogen-bond donors (Lipinski definition) is 1. The average molecular weight is 377 g/mol. The molecule has 3 rings (SSSR count). The van der Waals surface area contributed by atoms with Crippen LogP contribution in [-0.2, 0) is 18.6 Å². The third kappa shape index (κ3) is 3.98. The number of methoxy groups -OCH3 is 1. The Morgan fingerprint density at radius 1 is 1.12 bits per heavy atom. The first kappa shape index (κ1) is 17.8. The van der Waals surface area contributed by atoms with Gasteiger partial charge in [0.2, 0.25) is 0 Å². The summed E-state index contributed by atoms with van der Waals surface area (Å²) in [6, 6.07) is 12.7. The van der Waals surface area contributed by atoms with Gasteiger partial charge in [-0.3, -0.25) is 0 Å². The third-order valence-corrected chi connectivity index (χ3v) is 4.87. The Morgan fingerprint density at radius 3 is 2.36 bits per heavy atom. The largest absolute Gasteiger partial charge is 0.497 e. The minimum atomic E-state index is -1.21. The normalized spacial score (nSPS) is 13.4. The predicted octanol–water partition coefficient (Wildman–Crippen LogP) is 4.33. The first-order valence-corrected chi connectivity index (χ1v) is 8.53. The molecule has 1 heterocycles. The maximum Gasteiger partial charge on any atom is 0.118 e. The lowest BCUT2D eigenvalue weighted by Crippen LogP contribution is -2.34. The van der Waals surface area contributed by atoms with Crippen LogP contribution < -0.4 is 4.74 Å². The van der Waals surface area contributed by atoms with E-state index in [-0.39, 0.29) is 6.42 Å². The fraction of sp³-hybridized carbons (Fsp3) is 0.211. The highest BCUT2D eigenvalue weighted by Crippen LogP contribution is 2.34. The Bertz CT molecular complexity index is 815. The van der Waals surface area contributed by atoms with Crippen LogP contribution in [0, 0.1) is 0 Å². The number of imidazole rings is 1. The Balaban J connectivity index is 2.01. The van der Waals surface area contributed by atoms with E-state index in [2.05, 4.69) is 4.98 Å². The lowest BCUT2D eigenvalue weighted by atomic mass is 9.87. The van der Waals surface area contributed by atoms with Crippen molar-refractivity contribution < 1.29 is 9.84 Å². The summed E-state index contributed by atoms with van der Waals surface area (Å²) in [5, 5.41) is 12.6. The molecule has 0 fully saturated rings. The number of rotatable bonds is 6. The Morgan fingerprint density at radius 2 is 1.80 bits per heavy atom. The molecule has 1 N–H and O–H groups in total. The van der Waals surface area contributed by atoms with Crippen LogP contribution in [-0.4, -0.2) is 21.8 Å². The van der Waals surface area contributed by atoms with Crippen molar-refractivity contribution in [1.29, 1.82) is 0 Å². The zero-order valence-corrected chi connectivity index (χ0v) is 15.2. The van der Waals surface area contributed by atoms with Gasteiger partial charge in [-0.15, -0.1) is 0 Å². The molecule has 0 saturated carbocycles. The summed E-state index contributed by atoms with van der Waals surface area (Å²) >= 11 is 12.6. The van der Waals surface area contributed by atoms with Crippen molar-refractivity contribution in [3.8, 4) is 5.75 Å². The minimum Gasteiger partial charge on any atom is -0.497 e. The minimum absolute atomic E-state index is 0.274. The highest BCUT2D eigenvalue weighted by Gasteiger charge is 2.32. The van der Waals surface area contributed by atoms with Gasteiger partial charge in [0.25, 0.3) is 0 Å². The maximum atomic E-state index is 11.5. The number of aliphatic hydroxyl groups is 1. The zero-order valence-electron chi connectivity index (χ0n) is 13.7. The molecular formula is C19H18Cl2N2O2. The summed E-state index contributed by atoms with van der Waals surface area (Å²) in [7, 11) is 1.61. The van der Waals surface area contributed by atoms with Crippen LogP contribution in [0.15, 0.2) is 61.2 Å². The summed E-state index contributed by atoms with van der Waals surface area (Å²) in [6.07, 6.45) is 5.43. The van der Waals surface area contributed by atoms with E-state index < -0.39 is 5.60 Å². The number of aromatic nitrogens is 2. The SMILES string of the molecule is COc1ccc(C(O)(Cc2c(Cl)cccc2Cl)Cn2ccnc2)cc1. The van der Waals surface area contributed by atoms with Crippen LogP contribution in [0.3, 0.4) is 0 Å². The molecule has 1 unspecified atom stereocenters. The standard InChI is InChI=1S/C19H18Cl2N2O2/c1-25-15-7-5-14(6-8-15)19(24,12-23-10-9-22-13-23)11-16-17(20)3-2-4-18(16)21/h2-10,13,24H,11-12H2,1H3. The summed E-state index contributed by atoms with van der Waals surface area (Å²) < 4.78 is 7.03. The van der Waals surface area contributed by atoms with E-state index in [0.717, 1.165) is 11.3 Å². The number of hydrogen-bond acceptors (Lipinski definition) is 3. The summed E-state index contributed by atoms with van der Waals surface area (Å²) in [6.45, 7) is 0.320. The van der Waals surface area contributed by atoms with Gasteiger partial charge in [0.15, 0.2) is 0 Å². The van der Waals surface area contributed by atoms with Crippen molar-refractivity contribution in [2.75, 3.05) is 7.11 Å². The number of ether oxygens (including phenoxy) is 1.